The molecule has 0 unspecified atom stereocenters. The average Bonchev–Trinajstić information content (AvgIpc) is 2.41. The van der Waals surface area contributed by atoms with Crippen molar-refractivity contribution in [1.82, 2.24) is 4.90 Å². The fourth-order valence-electron chi connectivity index (χ4n) is 2.60. The molecule has 0 aliphatic carbocycles. The lowest BCUT2D eigenvalue weighted by atomic mass is 10.1. The number of anilines is 1. The molecular formula is C15H23N3O3S. The molecule has 1 aromatic rings. The maximum absolute atomic E-state index is 12.1. The van der Waals surface area contributed by atoms with Gasteiger partial charge in [-0.05, 0) is 50.2 Å². The van der Waals surface area contributed by atoms with Crippen molar-refractivity contribution in [2.45, 2.75) is 37.0 Å². The van der Waals surface area contributed by atoms with E-state index in [4.69, 9.17) is 5.14 Å². The molecule has 6 nitrogen and oxygen atoms in total. The normalized spacial score (nSPS) is 17.5. The predicted octanol–water partition coefficient (Wildman–Crippen LogP) is 1.54. The molecular weight excluding hydrogens is 302 g/mol. The number of nitrogens with zero attached hydrogens (tertiary/aromatic N) is 1. The van der Waals surface area contributed by atoms with Crippen molar-refractivity contribution in [3.05, 3.63) is 24.3 Å². The minimum Gasteiger partial charge on any atom is -0.325 e. The lowest BCUT2D eigenvalue weighted by molar-refractivity contribution is -0.117. The second kappa shape index (κ2) is 7.71. The monoisotopic (exact) mass is 325 g/mol. The van der Waals surface area contributed by atoms with E-state index in [1.807, 2.05) is 0 Å². The third-order valence-electron chi connectivity index (χ3n) is 3.78. The lowest BCUT2D eigenvalue weighted by Gasteiger charge is -2.23. The maximum atomic E-state index is 12.1. The van der Waals surface area contributed by atoms with Gasteiger partial charge in [-0.3, -0.25) is 9.69 Å². The van der Waals surface area contributed by atoms with Gasteiger partial charge < -0.3 is 5.32 Å². The highest BCUT2D eigenvalue weighted by Gasteiger charge is 2.13. The topological polar surface area (TPSA) is 92.5 Å². The summed E-state index contributed by atoms with van der Waals surface area (Å²) in [6.07, 6.45) is 6.02. The molecule has 0 radical (unpaired) electrons. The van der Waals surface area contributed by atoms with Gasteiger partial charge in [0.2, 0.25) is 15.9 Å². The Morgan fingerprint density at radius 3 is 2.14 bits per heavy atom. The number of nitrogens with two attached hydrogens (primary N) is 1. The highest BCUT2D eigenvalue weighted by molar-refractivity contribution is 7.89. The first-order valence-electron chi connectivity index (χ1n) is 7.60. The number of sulfonamides is 1. The third kappa shape index (κ3) is 5.40. The number of carbonyl (C=O) groups is 1. The summed E-state index contributed by atoms with van der Waals surface area (Å²) < 4.78 is 22.3. The summed E-state index contributed by atoms with van der Waals surface area (Å²) in [5.74, 6) is -0.0797. The van der Waals surface area contributed by atoms with Crippen LogP contribution >= 0.6 is 0 Å². The Labute approximate surface area is 131 Å². The van der Waals surface area contributed by atoms with Crippen LogP contribution in [0.1, 0.15) is 32.1 Å². The minimum atomic E-state index is -3.70. The number of rotatable bonds is 4. The summed E-state index contributed by atoms with van der Waals surface area (Å²) in [7, 11) is -3.70. The summed E-state index contributed by atoms with van der Waals surface area (Å²) in [5, 5.41) is 7.83. The fraction of sp³-hybridized carbons (Fsp3) is 0.533. The molecule has 0 bridgehead atoms. The molecule has 0 aromatic heterocycles. The van der Waals surface area contributed by atoms with E-state index in [9.17, 15) is 13.2 Å². The molecule has 0 spiro atoms. The van der Waals surface area contributed by atoms with Gasteiger partial charge in [-0.2, -0.15) is 0 Å². The van der Waals surface area contributed by atoms with Crippen molar-refractivity contribution in [2.24, 2.45) is 5.14 Å². The highest BCUT2D eigenvalue weighted by Crippen LogP contribution is 2.13. The quantitative estimate of drug-likeness (QED) is 0.878. The largest absolute Gasteiger partial charge is 0.325 e. The van der Waals surface area contributed by atoms with Gasteiger partial charge in [-0.1, -0.05) is 19.3 Å². The van der Waals surface area contributed by atoms with Crippen LogP contribution in [0.2, 0.25) is 0 Å². The molecule has 1 aliphatic heterocycles. The van der Waals surface area contributed by atoms with Gasteiger partial charge in [0.15, 0.2) is 0 Å². The van der Waals surface area contributed by atoms with Crippen molar-refractivity contribution in [3.63, 3.8) is 0 Å². The summed E-state index contributed by atoms with van der Waals surface area (Å²) in [5.41, 5.74) is 0.574. The Hall–Kier alpha value is -1.44. The van der Waals surface area contributed by atoms with Gasteiger partial charge in [0.05, 0.1) is 11.4 Å². The first-order chi connectivity index (χ1) is 10.4. The number of benzene rings is 1. The molecule has 0 saturated carbocycles. The van der Waals surface area contributed by atoms with Crippen LogP contribution in [0.15, 0.2) is 29.2 Å². The van der Waals surface area contributed by atoms with Crippen molar-refractivity contribution in [1.29, 1.82) is 0 Å². The molecule has 1 aliphatic rings. The number of primary sulfonamides is 1. The number of carbonyl (C=O) groups excluding carboxylic acids is 1. The predicted molar refractivity (Wildman–Crippen MR) is 86.0 cm³/mol. The fourth-order valence-corrected chi connectivity index (χ4v) is 3.12. The molecule has 22 heavy (non-hydrogen) atoms. The lowest BCUT2D eigenvalue weighted by Crippen LogP contribution is -2.35. The number of nitrogens with one attached hydrogen (secondary N) is 1. The molecule has 7 heteroatoms. The van der Waals surface area contributed by atoms with Crippen LogP contribution in [0.25, 0.3) is 0 Å². The van der Waals surface area contributed by atoms with E-state index in [1.165, 1.54) is 31.4 Å². The summed E-state index contributed by atoms with van der Waals surface area (Å²) in [4.78, 5) is 14.3. The van der Waals surface area contributed by atoms with Crippen molar-refractivity contribution in [2.75, 3.05) is 25.0 Å². The molecule has 2 rings (SSSR count). The summed E-state index contributed by atoms with van der Waals surface area (Å²) in [6.45, 7) is 2.28. The van der Waals surface area contributed by atoms with Gasteiger partial charge in [-0.15, -0.1) is 0 Å². The molecule has 1 heterocycles. The molecule has 1 fully saturated rings. The van der Waals surface area contributed by atoms with Crippen LogP contribution in [-0.4, -0.2) is 38.9 Å². The molecule has 1 aromatic carbocycles. The Balaban J connectivity index is 1.88. The van der Waals surface area contributed by atoms with E-state index < -0.39 is 10.0 Å². The van der Waals surface area contributed by atoms with Gasteiger partial charge in [-0.25, -0.2) is 13.6 Å². The van der Waals surface area contributed by atoms with Crippen molar-refractivity contribution < 1.29 is 13.2 Å². The van der Waals surface area contributed by atoms with Crippen LogP contribution in [0.5, 0.6) is 0 Å². The van der Waals surface area contributed by atoms with Gasteiger partial charge in [0.1, 0.15) is 0 Å². The summed E-state index contributed by atoms with van der Waals surface area (Å²) in [6, 6.07) is 5.87. The third-order valence-corrected chi connectivity index (χ3v) is 4.71. The van der Waals surface area contributed by atoms with Crippen LogP contribution in [-0.2, 0) is 14.8 Å². The SMILES string of the molecule is NS(=O)(=O)c1ccc(NC(=O)CN2CCCCCCC2)cc1. The Morgan fingerprint density at radius 1 is 1.05 bits per heavy atom. The van der Waals surface area contributed by atoms with E-state index in [0.717, 1.165) is 25.9 Å². The maximum Gasteiger partial charge on any atom is 0.238 e. The number of hydrogen-bond acceptors (Lipinski definition) is 4. The molecule has 1 saturated heterocycles. The van der Waals surface area contributed by atoms with Crippen LogP contribution < -0.4 is 10.5 Å². The van der Waals surface area contributed by atoms with Crippen LogP contribution in [0.3, 0.4) is 0 Å². The zero-order chi connectivity index (χ0) is 16.0. The standard InChI is InChI=1S/C15H23N3O3S/c16-22(20,21)14-8-6-13(7-9-14)17-15(19)12-18-10-4-2-1-3-5-11-18/h6-9H,1-5,10-12H2,(H,17,19)(H2,16,20,21). The Kier molecular flexibility index (Phi) is 5.93. The first kappa shape index (κ1) is 16.9. The van der Waals surface area contributed by atoms with E-state index in [0.29, 0.717) is 12.2 Å². The second-order valence-electron chi connectivity index (χ2n) is 5.66. The van der Waals surface area contributed by atoms with E-state index >= 15 is 0 Å². The van der Waals surface area contributed by atoms with Crippen LogP contribution in [0.4, 0.5) is 5.69 Å². The minimum absolute atomic E-state index is 0.0364. The van der Waals surface area contributed by atoms with Gasteiger partial charge in [0, 0.05) is 5.69 Å². The van der Waals surface area contributed by atoms with E-state index in [-0.39, 0.29) is 10.8 Å². The summed E-state index contributed by atoms with van der Waals surface area (Å²) >= 11 is 0. The molecule has 0 atom stereocenters. The van der Waals surface area contributed by atoms with Crippen LogP contribution in [0, 0.1) is 0 Å². The number of amides is 1. The zero-order valence-electron chi connectivity index (χ0n) is 12.6. The average molecular weight is 325 g/mol. The number of hydrogen-bond donors (Lipinski definition) is 2. The first-order valence-corrected chi connectivity index (χ1v) is 9.15. The molecule has 1 amide bonds. The second-order valence-corrected chi connectivity index (χ2v) is 7.22. The Bertz CT molecular complexity index is 591. The van der Waals surface area contributed by atoms with Gasteiger partial charge in [0.25, 0.3) is 0 Å². The molecule has 122 valence electrons. The highest BCUT2D eigenvalue weighted by atomic mass is 32.2. The Morgan fingerprint density at radius 2 is 1.59 bits per heavy atom. The smallest absolute Gasteiger partial charge is 0.238 e. The van der Waals surface area contributed by atoms with Crippen molar-refractivity contribution in [3.8, 4) is 0 Å². The molecule has 3 N–H and O–H groups in total. The van der Waals surface area contributed by atoms with E-state index in [1.54, 1.807) is 12.1 Å². The van der Waals surface area contributed by atoms with Gasteiger partial charge >= 0.3 is 0 Å². The zero-order valence-corrected chi connectivity index (χ0v) is 13.4. The van der Waals surface area contributed by atoms with Crippen molar-refractivity contribution >= 4 is 21.6 Å². The number of likely N-dealkylation sites (tertiary alicyclic amines) is 1. The van der Waals surface area contributed by atoms with E-state index in [2.05, 4.69) is 10.2 Å².